The number of carbonyl (C=O) groups excluding carboxylic acids is 3. The minimum atomic E-state index is -4.66. The van der Waals surface area contributed by atoms with Gasteiger partial charge in [0.25, 0.3) is 5.91 Å². The molecule has 0 bridgehead atoms. The second-order valence-corrected chi connectivity index (χ2v) is 9.01. The molecule has 1 aliphatic heterocycles. The predicted octanol–water partition coefficient (Wildman–Crippen LogP) is 2.38. The van der Waals surface area contributed by atoms with Gasteiger partial charge in [0, 0.05) is 17.8 Å². The lowest BCUT2D eigenvalue weighted by Gasteiger charge is -2.23. The van der Waals surface area contributed by atoms with E-state index in [4.69, 9.17) is 0 Å². The number of alkyl halides is 3. The third-order valence-electron chi connectivity index (χ3n) is 5.80. The van der Waals surface area contributed by atoms with Crippen molar-refractivity contribution >= 4 is 29.1 Å². The maximum atomic E-state index is 12.9. The van der Waals surface area contributed by atoms with Crippen LogP contribution >= 0.6 is 11.3 Å². The Balaban J connectivity index is 1.67. The number of nitriles is 1. The van der Waals surface area contributed by atoms with Crippen molar-refractivity contribution in [1.82, 2.24) is 20.9 Å². The van der Waals surface area contributed by atoms with Gasteiger partial charge in [0.2, 0.25) is 11.8 Å². The SMILES string of the molecule is N#C[C@H](C[C@@H]1CCNC1=O)NC(=O)[C@H](CC1CCCC1)NC(=O)c1csc(C(F)(F)F)n1. The zero-order valence-corrected chi connectivity index (χ0v) is 18.0. The van der Waals surface area contributed by atoms with Crippen LogP contribution in [0.4, 0.5) is 13.2 Å². The van der Waals surface area contributed by atoms with Crippen molar-refractivity contribution in [3.63, 3.8) is 0 Å². The molecule has 8 nitrogen and oxygen atoms in total. The van der Waals surface area contributed by atoms with Crippen LogP contribution < -0.4 is 16.0 Å². The van der Waals surface area contributed by atoms with Crippen molar-refractivity contribution in [2.24, 2.45) is 11.8 Å². The molecule has 3 rings (SSSR count). The maximum Gasteiger partial charge on any atom is 0.443 e. The first-order valence-corrected chi connectivity index (χ1v) is 11.4. The molecule has 0 spiro atoms. The zero-order valence-electron chi connectivity index (χ0n) is 17.2. The highest BCUT2D eigenvalue weighted by Gasteiger charge is 2.36. The fourth-order valence-electron chi connectivity index (χ4n) is 4.12. The van der Waals surface area contributed by atoms with E-state index in [0.717, 1.165) is 31.1 Å². The normalized spacial score (nSPS) is 20.9. The minimum Gasteiger partial charge on any atom is -0.356 e. The van der Waals surface area contributed by atoms with E-state index in [1.807, 2.05) is 6.07 Å². The van der Waals surface area contributed by atoms with Crippen LogP contribution in [0.1, 0.15) is 60.4 Å². The van der Waals surface area contributed by atoms with Crippen LogP contribution in [-0.4, -0.2) is 41.3 Å². The van der Waals surface area contributed by atoms with Crippen molar-refractivity contribution < 1.29 is 27.6 Å². The molecule has 3 atom stereocenters. The molecule has 1 aromatic heterocycles. The molecule has 0 unspecified atom stereocenters. The summed E-state index contributed by atoms with van der Waals surface area (Å²) in [6.07, 6.45) is 0.167. The van der Waals surface area contributed by atoms with Gasteiger partial charge in [-0.1, -0.05) is 25.7 Å². The van der Waals surface area contributed by atoms with Crippen LogP contribution in [0.3, 0.4) is 0 Å². The molecule has 1 saturated carbocycles. The molecule has 1 saturated heterocycles. The van der Waals surface area contributed by atoms with Crippen LogP contribution in [0.25, 0.3) is 0 Å². The fourth-order valence-corrected chi connectivity index (χ4v) is 4.79. The third-order valence-corrected chi connectivity index (χ3v) is 6.69. The first-order valence-electron chi connectivity index (χ1n) is 10.5. The average Bonchev–Trinajstić information content (AvgIpc) is 3.49. The smallest absolute Gasteiger partial charge is 0.356 e. The molecule has 3 amide bonds. The van der Waals surface area contributed by atoms with Crippen molar-refractivity contribution in [3.05, 3.63) is 16.1 Å². The second kappa shape index (κ2) is 10.3. The summed E-state index contributed by atoms with van der Waals surface area (Å²) in [5, 5.41) is 17.0. The van der Waals surface area contributed by atoms with Crippen LogP contribution in [0.2, 0.25) is 0 Å². The van der Waals surface area contributed by atoms with E-state index >= 15 is 0 Å². The van der Waals surface area contributed by atoms with Gasteiger partial charge < -0.3 is 16.0 Å². The van der Waals surface area contributed by atoms with Gasteiger partial charge >= 0.3 is 6.18 Å². The summed E-state index contributed by atoms with van der Waals surface area (Å²) in [7, 11) is 0. The highest BCUT2D eigenvalue weighted by atomic mass is 32.1. The van der Waals surface area contributed by atoms with Gasteiger partial charge in [-0.05, 0) is 25.2 Å². The van der Waals surface area contributed by atoms with Gasteiger partial charge in [0.05, 0.1) is 6.07 Å². The summed E-state index contributed by atoms with van der Waals surface area (Å²) in [5.74, 6) is -1.83. The standard InChI is InChI=1S/C20H24F3N5O3S/c21-20(22,23)19-28-15(10-32-19)18(31)27-14(7-11-3-1-2-4-11)17(30)26-13(9-24)8-12-5-6-25-16(12)29/h10-14H,1-8H2,(H,25,29)(H,26,30)(H,27,31)/t12-,13-,14-/m0/s1. The Labute approximate surface area is 187 Å². The Morgan fingerprint density at radius 2 is 1.97 bits per heavy atom. The van der Waals surface area contributed by atoms with Crippen molar-refractivity contribution in [1.29, 1.82) is 5.26 Å². The van der Waals surface area contributed by atoms with Crippen LogP contribution in [0.5, 0.6) is 0 Å². The molecule has 2 heterocycles. The molecule has 0 radical (unpaired) electrons. The van der Waals surface area contributed by atoms with E-state index in [9.17, 15) is 32.8 Å². The van der Waals surface area contributed by atoms with E-state index in [-0.39, 0.29) is 24.2 Å². The van der Waals surface area contributed by atoms with Crippen LogP contribution in [0, 0.1) is 23.2 Å². The number of hydrogen-bond donors (Lipinski definition) is 3. The van der Waals surface area contributed by atoms with Crippen molar-refractivity contribution in [2.45, 2.75) is 63.2 Å². The number of nitrogens with one attached hydrogen (secondary N) is 3. The predicted molar refractivity (Wildman–Crippen MR) is 108 cm³/mol. The van der Waals surface area contributed by atoms with Crippen molar-refractivity contribution in [3.8, 4) is 6.07 Å². The minimum absolute atomic E-state index is 0.152. The summed E-state index contributed by atoms with van der Waals surface area (Å²) in [6, 6.07) is 0.0340. The lowest BCUT2D eigenvalue weighted by atomic mass is 9.96. The van der Waals surface area contributed by atoms with Gasteiger partial charge in [0.1, 0.15) is 17.8 Å². The highest BCUT2D eigenvalue weighted by Crippen LogP contribution is 2.32. The number of aromatic nitrogens is 1. The first kappa shape index (κ1) is 24.0. The quantitative estimate of drug-likeness (QED) is 0.537. The summed E-state index contributed by atoms with van der Waals surface area (Å²) in [4.78, 5) is 40.5. The second-order valence-electron chi connectivity index (χ2n) is 8.15. The zero-order chi connectivity index (χ0) is 23.3. The highest BCUT2D eigenvalue weighted by molar-refractivity contribution is 7.09. The van der Waals surface area contributed by atoms with E-state index in [0.29, 0.717) is 30.7 Å². The molecule has 3 N–H and O–H groups in total. The molecule has 174 valence electrons. The number of halogens is 3. The number of hydrogen-bond acceptors (Lipinski definition) is 6. The van der Waals surface area contributed by atoms with Crippen molar-refractivity contribution in [2.75, 3.05) is 6.54 Å². The molecule has 2 aliphatic rings. The van der Waals surface area contributed by atoms with E-state index in [1.165, 1.54) is 0 Å². The number of amides is 3. The summed E-state index contributed by atoms with van der Waals surface area (Å²) < 4.78 is 38.4. The maximum absolute atomic E-state index is 12.9. The molecule has 32 heavy (non-hydrogen) atoms. The van der Waals surface area contributed by atoms with Gasteiger partial charge in [-0.3, -0.25) is 14.4 Å². The topological polar surface area (TPSA) is 124 Å². The molecule has 12 heteroatoms. The Morgan fingerprint density at radius 1 is 1.25 bits per heavy atom. The number of rotatable bonds is 8. The van der Waals surface area contributed by atoms with Crippen LogP contribution in [-0.2, 0) is 15.8 Å². The summed E-state index contributed by atoms with van der Waals surface area (Å²) >= 11 is 0.307. The van der Waals surface area contributed by atoms with Gasteiger partial charge in [-0.2, -0.15) is 18.4 Å². The monoisotopic (exact) mass is 471 g/mol. The molecule has 1 aromatic rings. The van der Waals surface area contributed by atoms with E-state index in [2.05, 4.69) is 20.9 Å². The largest absolute Gasteiger partial charge is 0.443 e. The summed E-state index contributed by atoms with van der Waals surface area (Å²) in [5.41, 5.74) is -0.411. The first-order chi connectivity index (χ1) is 15.2. The van der Waals surface area contributed by atoms with Crippen LogP contribution in [0.15, 0.2) is 5.38 Å². The molecular formula is C20H24F3N5O3S. The number of nitrogens with zero attached hydrogens (tertiary/aromatic N) is 2. The molecule has 0 aromatic carbocycles. The summed E-state index contributed by atoms with van der Waals surface area (Å²) in [6.45, 7) is 0.517. The van der Waals surface area contributed by atoms with Gasteiger partial charge in [0.15, 0.2) is 5.01 Å². The fraction of sp³-hybridized carbons (Fsp3) is 0.650. The molecule has 2 fully saturated rings. The lowest BCUT2D eigenvalue weighted by Crippen LogP contribution is -2.50. The van der Waals surface area contributed by atoms with E-state index in [1.54, 1.807) is 0 Å². The third kappa shape index (κ3) is 6.18. The number of thiazole rings is 1. The Bertz CT molecular complexity index is 892. The Morgan fingerprint density at radius 3 is 2.53 bits per heavy atom. The van der Waals surface area contributed by atoms with Gasteiger partial charge in [-0.15, -0.1) is 11.3 Å². The molecular weight excluding hydrogens is 447 g/mol. The number of carbonyl (C=O) groups is 3. The van der Waals surface area contributed by atoms with Gasteiger partial charge in [-0.25, -0.2) is 4.98 Å². The Kier molecular flexibility index (Phi) is 7.71. The Hall–Kier alpha value is -2.68. The lowest BCUT2D eigenvalue weighted by molar-refractivity contribution is -0.137. The van der Waals surface area contributed by atoms with E-state index < -0.39 is 40.8 Å². The average molecular weight is 472 g/mol. The molecule has 1 aliphatic carbocycles.